The number of benzene rings is 1. The SMILES string of the molecule is CC(C)Oc1ccc([C@H](CC(=O)N2CCCC2)C(C)C)cc1. The Hall–Kier alpha value is -1.51. The third-order valence-corrected chi connectivity index (χ3v) is 4.34. The lowest BCUT2D eigenvalue weighted by molar-refractivity contribution is -0.130. The first-order chi connectivity index (χ1) is 10.5. The minimum atomic E-state index is 0.184. The van der Waals surface area contributed by atoms with E-state index in [1.165, 1.54) is 5.56 Å². The lowest BCUT2D eigenvalue weighted by Gasteiger charge is -2.24. The van der Waals surface area contributed by atoms with Gasteiger partial charge in [0.15, 0.2) is 0 Å². The van der Waals surface area contributed by atoms with Crippen LogP contribution in [0.15, 0.2) is 24.3 Å². The molecule has 1 atom stereocenters. The van der Waals surface area contributed by atoms with Gasteiger partial charge in [-0.15, -0.1) is 0 Å². The Bertz CT molecular complexity index is 473. The Morgan fingerprint density at radius 2 is 1.68 bits per heavy atom. The summed E-state index contributed by atoms with van der Waals surface area (Å²) in [5, 5.41) is 0. The second-order valence-corrected chi connectivity index (χ2v) is 6.88. The second-order valence-electron chi connectivity index (χ2n) is 6.88. The molecule has 1 aliphatic heterocycles. The number of amides is 1. The fraction of sp³-hybridized carbons (Fsp3) is 0.632. The molecule has 0 radical (unpaired) electrons. The molecular weight excluding hydrogens is 274 g/mol. The Morgan fingerprint density at radius 1 is 1.09 bits per heavy atom. The fourth-order valence-electron chi connectivity index (χ4n) is 3.09. The Morgan fingerprint density at radius 3 is 2.18 bits per heavy atom. The van der Waals surface area contributed by atoms with Crippen LogP contribution in [-0.2, 0) is 4.79 Å². The Labute approximate surface area is 134 Å². The van der Waals surface area contributed by atoms with Gasteiger partial charge in [0.1, 0.15) is 5.75 Å². The summed E-state index contributed by atoms with van der Waals surface area (Å²) in [6.07, 6.45) is 3.10. The van der Waals surface area contributed by atoms with Gasteiger partial charge in [-0.3, -0.25) is 4.79 Å². The summed E-state index contributed by atoms with van der Waals surface area (Å²) < 4.78 is 5.70. The van der Waals surface area contributed by atoms with Gasteiger partial charge in [-0.25, -0.2) is 0 Å². The number of rotatable bonds is 6. The molecule has 22 heavy (non-hydrogen) atoms. The van der Waals surface area contributed by atoms with Crippen LogP contribution in [0.2, 0.25) is 0 Å². The highest BCUT2D eigenvalue weighted by molar-refractivity contribution is 5.77. The van der Waals surface area contributed by atoms with Gasteiger partial charge in [-0.05, 0) is 56.2 Å². The molecular formula is C19H29NO2. The molecule has 0 bridgehead atoms. The average molecular weight is 303 g/mol. The van der Waals surface area contributed by atoms with Gasteiger partial charge in [0, 0.05) is 19.5 Å². The molecule has 1 fully saturated rings. The molecule has 1 amide bonds. The summed E-state index contributed by atoms with van der Waals surface area (Å²) in [4.78, 5) is 14.5. The fourth-order valence-corrected chi connectivity index (χ4v) is 3.09. The van der Waals surface area contributed by atoms with Gasteiger partial charge in [-0.1, -0.05) is 26.0 Å². The molecule has 2 rings (SSSR count). The van der Waals surface area contributed by atoms with E-state index < -0.39 is 0 Å². The molecule has 0 saturated carbocycles. The van der Waals surface area contributed by atoms with Crippen molar-refractivity contribution in [1.29, 1.82) is 0 Å². The van der Waals surface area contributed by atoms with E-state index >= 15 is 0 Å². The van der Waals surface area contributed by atoms with Crippen LogP contribution in [0.1, 0.15) is 58.4 Å². The average Bonchev–Trinajstić information content (AvgIpc) is 2.99. The number of carbonyl (C=O) groups excluding carboxylic acids is 1. The first kappa shape index (κ1) is 16.9. The second kappa shape index (κ2) is 7.66. The zero-order chi connectivity index (χ0) is 16.1. The number of hydrogen-bond donors (Lipinski definition) is 0. The van der Waals surface area contributed by atoms with Crippen molar-refractivity contribution in [3.8, 4) is 5.75 Å². The predicted molar refractivity (Wildman–Crippen MR) is 90.2 cm³/mol. The van der Waals surface area contributed by atoms with E-state index in [9.17, 15) is 4.79 Å². The van der Waals surface area contributed by atoms with Crippen LogP contribution in [-0.4, -0.2) is 30.0 Å². The zero-order valence-corrected chi connectivity index (χ0v) is 14.3. The summed E-state index contributed by atoms with van der Waals surface area (Å²) in [6.45, 7) is 10.3. The quantitative estimate of drug-likeness (QED) is 0.787. The maximum atomic E-state index is 12.4. The Balaban J connectivity index is 2.05. The van der Waals surface area contributed by atoms with E-state index in [4.69, 9.17) is 4.74 Å². The van der Waals surface area contributed by atoms with Gasteiger partial charge in [0.25, 0.3) is 0 Å². The van der Waals surface area contributed by atoms with Crippen LogP contribution in [0.4, 0.5) is 0 Å². The highest BCUT2D eigenvalue weighted by atomic mass is 16.5. The van der Waals surface area contributed by atoms with Crippen LogP contribution in [0, 0.1) is 5.92 Å². The molecule has 1 aliphatic rings. The topological polar surface area (TPSA) is 29.5 Å². The van der Waals surface area contributed by atoms with Crippen LogP contribution in [0.5, 0.6) is 5.75 Å². The zero-order valence-electron chi connectivity index (χ0n) is 14.3. The van der Waals surface area contributed by atoms with Crippen LogP contribution in [0.3, 0.4) is 0 Å². The first-order valence-electron chi connectivity index (χ1n) is 8.51. The molecule has 0 unspecified atom stereocenters. The number of carbonyl (C=O) groups is 1. The summed E-state index contributed by atoms with van der Waals surface area (Å²) in [5.74, 6) is 1.93. The summed E-state index contributed by atoms with van der Waals surface area (Å²) in [6, 6.07) is 8.26. The van der Waals surface area contributed by atoms with E-state index in [1.54, 1.807) is 0 Å². The van der Waals surface area contributed by atoms with Crippen LogP contribution in [0.25, 0.3) is 0 Å². The molecule has 1 heterocycles. The van der Waals surface area contributed by atoms with Crippen molar-refractivity contribution in [2.45, 2.75) is 59.0 Å². The predicted octanol–water partition coefficient (Wildman–Crippen LogP) is 4.23. The molecule has 1 aromatic carbocycles. The molecule has 0 spiro atoms. The van der Waals surface area contributed by atoms with Crippen molar-refractivity contribution in [3.63, 3.8) is 0 Å². The van der Waals surface area contributed by atoms with E-state index in [0.717, 1.165) is 31.7 Å². The third kappa shape index (κ3) is 4.49. The smallest absolute Gasteiger partial charge is 0.223 e. The molecule has 122 valence electrons. The largest absolute Gasteiger partial charge is 0.491 e. The van der Waals surface area contributed by atoms with E-state index in [1.807, 2.05) is 30.9 Å². The van der Waals surface area contributed by atoms with Crippen molar-refractivity contribution in [3.05, 3.63) is 29.8 Å². The van der Waals surface area contributed by atoms with Crippen molar-refractivity contribution < 1.29 is 9.53 Å². The van der Waals surface area contributed by atoms with Crippen molar-refractivity contribution in [1.82, 2.24) is 4.90 Å². The number of hydrogen-bond acceptors (Lipinski definition) is 2. The molecule has 0 aliphatic carbocycles. The van der Waals surface area contributed by atoms with Crippen LogP contribution < -0.4 is 4.74 Å². The van der Waals surface area contributed by atoms with Crippen molar-refractivity contribution in [2.75, 3.05) is 13.1 Å². The summed E-state index contributed by atoms with van der Waals surface area (Å²) >= 11 is 0. The third-order valence-electron chi connectivity index (χ3n) is 4.34. The monoisotopic (exact) mass is 303 g/mol. The number of likely N-dealkylation sites (tertiary alicyclic amines) is 1. The highest BCUT2D eigenvalue weighted by Gasteiger charge is 2.24. The number of ether oxygens (including phenoxy) is 1. The molecule has 1 saturated heterocycles. The Kier molecular flexibility index (Phi) is 5.87. The standard InChI is InChI=1S/C19H29NO2/c1-14(2)18(13-19(21)20-11-5-6-12-20)16-7-9-17(10-8-16)22-15(3)4/h7-10,14-15,18H,5-6,11-13H2,1-4H3/t18-/m1/s1. The normalized spacial score (nSPS) is 16.4. The molecule has 3 heteroatoms. The van der Waals surface area contributed by atoms with E-state index in [2.05, 4.69) is 26.0 Å². The van der Waals surface area contributed by atoms with Gasteiger partial charge in [0.2, 0.25) is 5.91 Å². The molecule has 3 nitrogen and oxygen atoms in total. The van der Waals surface area contributed by atoms with Gasteiger partial charge >= 0.3 is 0 Å². The van der Waals surface area contributed by atoms with E-state index in [-0.39, 0.29) is 12.0 Å². The highest BCUT2D eigenvalue weighted by Crippen LogP contribution is 2.30. The number of nitrogens with zero attached hydrogens (tertiary/aromatic N) is 1. The lowest BCUT2D eigenvalue weighted by Crippen LogP contribution is -2.29. The van der Waals surface area contributed by atoms with Gasteiger partial charge in [-0.2, -0.15) is 0 Å². The molecule has 1 aromatic rings. The first-order valence-corrected chi connectivity index (χ1v) is 8.51. The van der Waals surface area contributed by atoms with Crippen LogP contribution >= 0.6 is 0 Å². The summed E-state index contributed by atoms with van der Waals surface area (Å²) in [7, 11) is 0. The molecule has 0 aromatic heterocycles. The van der Waals surface area contributed by atoms with Crippen molar-refractivity contribution >= 4 is 5.91 Å². The minimum absolute atomic E-state index is 0.184. The van der Waals surface area contributed by atoms with E-state index in [0.29, 0.717) is 18.2 Å². The van der Waals surface area contributed by atoms with Crippen molar-refractivity contribution in [2.24, 2.45) is 5.92 Å². The minimum Gasteiger partial charge on any atom is -0.491 e. The van der Waals surface area contributed by atoms with Gasteiger partial charge in [0.05, 0.1) is 6.10 Å². The molecule has 0 N–H and O–H groups in total. The lowest BCUT2D eigenvalue weighted by atomic mass is 9.85. The van der Waals surface area contributed by atoms with Gasteiger partial charge < -0.3 is 9.64 Å². The maximum absolute atomic E-state index is 12.4. The maximum Gasteiger partial charge on any atom is 0.223 e. The summed E-state index contributed by atoms with van der Waals surface area (Å²) in [5.41, 5.74) is 1.23.